The summed E-state index contributed by atoms with van der Waals surface area (Å²) in [5.74, 6) is 0. The molecule has 0 atom stereocenters. The Morgan fingerprint density at radius 3 is 2.27 bits per heavy atom. The smallest absolute Gasteiger partial charge is 0.264 e. The summed E-state index contributed by atoms with van der Waals surface area (Å²) in [5.41, 5.74) is 0. The van der Waals surface area contributed by atoms with E-state index in [1.807, 2.05) is 6.92 Å². The first kappa shape index (κ1) is 14.2. The van der Waals surface area contributed by atoms with Crippen LogP contribution in [0.2, 0.25) is 0 Å². The molecular formula is C5H12AgO4S. The Balaban J connectivity index is 0. The van der Waals surface area contributed by atoms with Crippen LogP contribution in [0.1, 0.15) is 26.2 Å². The molecule has 0 rings (SSSR count). The van der Waals surface area contributed by atoms with Crippen LogP contribution in [-0.2, 0) is 37.0 Å². The normalized spacial score (nSPS) is 10.7. The van der Waals surface area contributed by atoms with Crippen LogP contribution in [0.25, 0.3) is 0 Å². The van der Waals surface area contributed by atoms with Gasteiger partial charge in [-0.1, -0.05) is 19.8 Å². The first-order valence-electron chi connectivity index (χ1n) is 3.18. The molecule has 0 saturated carbocycles. The standard InChI is InChI=1S/C5H12O4S.Ag/c1-2-3-4-5-9-10(6,7)8;/h2-5H2,1H3,(H,6,7,8);. The van der Waals surface area contributed by atoms with Gasteiger partial charge in [0.05, 0.1) is 6.61 Å². The molecule has 0 unspecified atom stereocenters. The van der Waals surface area contributed by atoms with Gasteiger partial charge in [0, 0.05) is 22.4 Å². The van der Waals surface area contributed by atoms with E-state index in [4.69, 9.17) is 4.55 Å². The van der Waals surface area contributed by atoms with Gasteiger partial charge in [0.1, 0.15) is 0 Å². The Bertz CT molecular complexity index is 165. The number of hydrogen-bond acceptors (Lipinski definition) is 3. The van der Waals surface area contributed by atoms with Crippen molar-refractivity contribution in [2.24, 2.45) is 0 Å². The van der Waals surface area contributed by atoms with Gasteiger partial charge in [0.25, 0.3) is 0 Å². The Labute approximate surface area is 82.8 Å². The maximum Gasteiger partial charge on any atom is 0.397 e. The quantitative estimate of drug-likeness (QED) is 0.462. The van der Waals surface area contributed by atoms with Crippen LogP contribution in [0, 0.1) is 0 Å². The van der Waals surface area contributed by atoms with E-state index in [2.05, 4.69) is 4.18 Å². The van der Waals surface area contributed by atoms with E-state index < -0.39 is 10.4 Å². The molecule has 0 heterocycles. The minimum atomic E-state index is -4.20. The summed E-state index contributed by atoms with van der Waals surface area (Å²) in [6.45, 7) is 2.07. The van der Waals surface area contributed by atoms with Crippen molar-refractivity contribution in [2.75, 3.05) is 6.61 Å². The second kappa shape index (κ2) is 7.27. The molecule has 0 aromatic heterocycles. The number of unbranched alkanes of at least 4 members (excludes halogenated alkanes) is 2. The van der Waals surface area contributed by atoms with E-state index in [0.29, 0.717) is 6.42 Å². The van der Waals surface area contributed by atoms with Crippen LogP contribution in [0.5, 0.6) is 0 Å². The van der Waals surface area contributed by atoms with Crippen molar-refractivity contribution in [3.8, 4) is 0 Å². The summed E-state index contributed by atoms with van der Waals surface area (Å²) in [7, 11) is -4.20. The predicted molar refractivity (Wildman–Crippen MR) is 37.0 cm³/mol. The average Bonchev–Trinajstić information content (AvgIpc) is 1.78. The minimum absolute atomic E-state index is 0. The van der Waals surface area contributed by atoms with Crippen LogP contribution in [0.4, 0.5) is 0 Å². The predicted octanol–water partition coefficient (Wildman–Crippen LogP) is 0.994. The first-order chi connectivity index (χ1) is 4.56. The van der Waals surface area contributed by atoms with Crippen molar-refractivity contribution < 1.29 is 39.5 Å². The van der Waals surface area contributed by atoms with Gasteiger partial charge in [0.2, 0.25) is 0 Å². The topological polar surface area (TPSA) is 63.6 Å². The summed E-state index contributed by atoms with van der Waals surface area (Å²) in [6, 6.07) is 0. The second-order valence-electron chi connectivity index (χ2n) is 1.96. The summed E-state index contributed by atoms with van der Waals surface area (Å²) in [5, 5.41) is 0. The summed E-state index contributed by atoms with van der Waals surface area (Å²) in [4.78, 5) is 0. The van der Waals surface area contributed by atoms with Gasteiger partial charge in [0.15, 0.2) is 0 Å². The maximum absolute atomic E-state index is 9.93. The Hall–Kier alpha value is 0.610. The fourth-order valence-electron chi connectivity index (χ4n) is 0.516. The molecule has 0 fully saturated rings. The molecule has 0 saturated heterocycles. The largest absolute Gasteiger partial charge is 0.397 e. The third kappa shape index (κ3) is 13.6. The van der Waals surface area contributed by atoms with Gasteiger partial charge in [-0.15, -0.1) is 0 Å². The van der Waals surface area contributed by atoms with Crippen LogP contribution in [0.15, 0.2) is 0 Å². The van der Waals surface area contributed by atoms with Crippen molar-refractivity contribution in [2.45, 2.75) is 26.2 Å². The fraction of sp³-hybridized carbons (Fsp3) is 1.00. The number of rotatable bonds is 5. The van der Waals surface area contributed by atoms with Crippen LogP contribution in [-0.4, -0.2) is 19.6 Å². The van der Waals surface area contributed by atoms with Crippen LogP contribution < -0.4 is 0 Å². The van der Waals surface area contributed by atoms with E-state index >= 15 is 0 Å². The summed E-state index contributed by atoms with van der Waals surface area (Å²) >= 11 is 0. The van der Waals surface area contributed by atoms with Crippen molar-refractivity contribution in [3.05, 3.63) is 0 Å². The van der Waals surface area contributed by atoms with Crippen LogP contribution in [0.3, 0.4) is 0 Å². The van der Waals surface area contributed by atoms with E-state index in [-0.39, 0.29) is 29.0 Å². The molecule has 6 heteroatoms. The monoisotopic (exact) mass is 275 g/mol. The van der Waals surface area contributed by atoms with Gasteiger partial charge in [-0.05, 0) is 6.42 Å². The molecule has 0 aromatic rings. The zero-order chi connectivity index (χ0) is 8.04. The molecule has 1 radical (unpaired) electrons. The Morgan fingerprint density at radius 2 is 1.91 bits per heavy atom. The molecule has 1 N–H and O–H groups in total. The zero-order valence-electron chi connectivity index (χ0n) is 6.21. The zero-order valence-corrected chi connectivity index (χ0v) is 8.51. The molecule has 0 bridgehead atoms. The molecule has 0 aliphatic carbocycles. The first-order valence-corrected chi connectivity index (χ1v) is 4.54. The third-order valence-corrected chi connectivity index (χ3v) is 1.44. The van der Waals surface area contributed by atoms with Gasteiger partial charge >= 0.3 is 10.4 Å². The molecule has 0 amide bonds. The maximum atomic E-state index is 9.93. The third-order valence-electron chi connectivity index (χ3n) is 0.980. The van der Waals surface area contributed by atoms with Gasteiger partial charge in [-0.25, -0.2) is 4.18 Å². The SMILES string of the molecule is CCCCCOS(=O)(=O)O.[Ag]. The molecule has 11 heavy (non-hydrogen) atoms. The average molecular weight is 276 g/mol. The van der Waals surface area contributed by atoms with E-state index in [9.17, 15) is 8.42 Å². The van der Waals surface area contributed by atoms with Crippen molar-refractivity contribution in [3.63, 3.8) is 0 Å². The number of hydrogen-bond donors (Lipinski definition) is 1. The second-order valence-corrected chi connectivity index (χ2v) is 3.05. The van der Waals surface area contributed by atoms with E-state index in [0.717, 1.165) is 12.8 Å². The summed E-state index contributed by atoms with van der Waals surface area (Å²) in [6.07, 6.45) is 2.57. The Kier molecular flexibility index (Phi) is 9.35. The fourth-order valence-corrected chi connectivity index (χ4v) is 0.845. The summed E-state index contributed by atoms with van der Waals surface area (Å²) < 4.78 is 32.0. The van der Waals surface area contributed by atoms with Gasteiger partial charge < -0.3 is 0 Å². The molecular weight excluding hydrogens is 264 g/mol. The minimum Gasteiger partial charge on any atom is -0.264 e. The van der Waals surface area contributed by atoms with Crippen molar-refractivity contribution in [1.82, 2.24) is 0 Å². The molecule has 73 valence electrons. The van der Waals surface area contributed by atoms with Crippen molar-refractivity contribution >= 4 is 10.4 Å². The van der Waals surface area contributed by atoms with E-state index in [1.165, 1.54) is 0 Å². The molecule has 0 aromatic carbocycles. The molecule has 0 spiro atoms. The van der Waals surface area contributed by atoms with Crippen LogP contribution >= 0.6 is 0 Å². The van der Waals surface area contributed by atoms with Gasteiger partial charge in [-0.2, -0.15) is 8.42 Å². The van der Waals surface area contributed by atoms with E-state index in [1.54, 1.807) is 0 Å². The Morgan fingerprint density at radius 1 is 1.36 bits per heavy atom. The molecule has 0 aliphatic heterocycles. The van der Waals surface area contributed by atoms with Gasteiger partial charge in [-0.3, -0.25) is 4.55 Å². The molecule has 0 aliphatic rings. The van der Waals surface area contributed by atoms with Crippen molar-refractivity contribution in [1.29, 1.82) is 0 Å². The molecule has 4 nitrogen and oxygen atoms in total.